The number of hydrogen-bond acceptors (Lipinski definition) is 6. The van der Waals surface area contributed by atoms with E-state index in [1.54, 1.807) is 24.7 Å². The number of rotatable bonds is 7. The topological polar surface area (TPSA) is 88.5 Å². The summed E-state index contributed by atoms with van der Waals surface area (Å²) in [6.45, 7) is 3.99. The lowest BCUT2D eigenvalue weighted by Crippen LogP contribution is -2.36. The number of para-hydroxylation sites is 2. The van der Waals surface area contributed by atoms with Gasteiger partial charge in [-0.3, -0.25) is 14.6 Å². The molecule has 0 aliphatic carbocycles. The van der Waals surface area contributed by atoms with Crippen molar-refractivity contribution in [3.05, 3.63) is 88.5 Å². The SMILES string of the molecule is O=C(NCCN1CCCC1)c1cn2c3c(c(NCc4cccnc4)ccc3c1=O)Oc1ccccc1-2. The molecule has 2 aromatic carbocycles. The molecule has 6 rings (SSSR count). The first-order chi connectivity index (χ1) is 17.7. The summed E-state index contributed by atoms with van der Waals surface area (Å²) in [4.78, 5) is 33.1. The van der Waals surface area contributed by atoms with Crippen molar-refractivity contribution in [2.24, 2.45) is 0 Å². The zero-order chi connectivity index (χ0) is 24.5. The molecule has 0 bridgehead atoms. The molecule has 2 aliphatic heterocycles. The smallest absolute Gasteiger partial charge is 0.256 e. The van der Waals surface area contributed by atoms with Gasteiger partial charge in [0.25, 0.3) is 5.91 Å². The summed E-state index contributed by atoms with van der Waals surface area (Å²) < 4.78 is 8.20. The number of anilines is 1. The number of likely N-dealkylation sites (tertiary alicyclic amines) is 1. The van der Waals surface area contributed by atoms with Gasteiger partial charge in [-0.15, -0.1) is 0 Å². The Bertz CT molecular complexity index is 1490. The standard InChI is InChI=1S/C28H27N5O3/c34-26-20-9-10-22(31-17-19-6-5-11-29-16-19)27-25(20)33(23-7-1-2-8-24(23)36-27)18-21(26)28(35)30-12-15-32-13-3-4-14-32/h1-2,5-11,16,18,31H,3-4,12-15,17H2,(H,30,35). The molecule has 0 saturated carbocycles. The summed E-state index contributed by atoms with van der Waals surface area (Å²) in [5.41, 5.74) is 3.04. The Kier molecular flexibility index (Phi) is 5.87. The minimum Gasteiger partial charge on any atom is -0.451 e. The number of carbonyl (C=O) groups is 1. The minimum absolute atomic E-state index is 0.127. The maximum atomic E-state index is 13.5. The predicted molar refractivity (Wildman–Crippen MR) is 139 cm³/mol. The Morgan fingerprint density at radius 3 is 2.75 bits per heavy atom. The molecule has 1 fully saturated rings. The van der Waals surface area contributed by atoms with Gasteiger partial charge < -0.3 is 24.8 Å². The van der Waals surface area contributed by atoms with Gasteiger partial charge >= 0.3 is 0 Å². The van der Waals surface area contributed by atoms with Crippen molar-refractivity contribution < 1.29 is 9.53 Å². The number of hydrogen-bond donors (Lipinski definition) is 2. The fraction of sp³-hybridized carbons (Fsp3) is 0.250. The number of fused-ring (bicyclic) bond motifs is 2. The largest absolute Gasteiger partial charge is 0.451 e. The molecule has 1 saturated heterocycles. The number of amides is 1. The summed E-state index contributed by atoms with van der Waals surface area (Å²) in [5.74, 6) is 0.869. The van der Waals surface area contributed by atoms with Crippen LogP contribution in [0.1, 0.15) is 28.8 Å². The number of nitrogens with zero attached hydrogens (tertiary/aromatic N) is 3. The second kappa shape index (κ2) is 9.47. The molecule has 0 unspecified atom stereocenters. The molecule has 36 heavy (non-hydrogen) atoms. The van der Waals surface area contributed by atoms with Crippen LogP contribution < -0.4 is 20.8 Å². The van der Waals surface area contributed by atoms with Crippen molar-refractivity contribution >= 4 is 22.5 Å². The van der Waals surface area contributed by atoms with Gasteiger partial charge in [-0.1, -0.05) is 18.2 Å². The lowest BCUT2D eigenvalue weighted by atomic mass is 10.1. The molecule has 8 heteroatoms. The molecular weight excluding hydrogens is 454 g/mol. The number of carbonyl (C=O) groups excluding carboxylic acids is 1. The summed E-state index contributed by atoms with van der Waals surface area (Å²) in [7, 11) is 0. The van der Waals surface area contributed by atoms with Gasteiger partial charge in [0.05, 0.1) is 16.8 Å². The first kappa shape index (κ1) is 22.3. The lowest BCUT2D eigenvalue weighted by Gasteiger charge is -2.26. The van der Waals surface area contributed by atoms with Crippen molar-refractivity contribution in [3.63, 3.8) is 0 Å². The average molecular weight is 482 g/mol. The number of ether oxygens (including phenoxy) is 1. The third-order valence-electron chi connectivity index (χ3n) is 6.82. The fourth-order valence-electron chi connectivity index (χ4n) is 4.97. The van der Waals surface area contributed by atoms with Crippen molar-refractivity contribution in [3.8, 4) is 17.2 Å². The van der Waals surface area contributed by atoms with Gasteiger partial charge in [0.2, 0.25) is 5.43 Å². The van der Waals surface area contributed by atoms with Gasteiger partial charge in [0.1, 0.15) is 11.1 Å². The third-order valence-corrected chi connectivity index (χ3v) is 6.82. The van der Waals surface area contributed by atoms with Crippen LogP contribution in [0.2, 0.25) is 0 Å². The van der Waals surface area contributed by atoms with Crippen LogP contribution in [0, 0.1) is 0 Å². The van der Waals surface area contributed by atoms with Crippen LogP contribution in [0.5, 0.6) is 11.5 Å². The fourth-order valence-corrected chi connectivity index (χ4v) is 4.97. The molecule has 182 valence electrons. The number of benzene rings is 2. The van der Waals surface area contributed by atoms with Crippen molar-refractivity contribution in [2.45, 2.75) is 19.4 Å². The van der Waals surface area contributed by atoms with Crippen molar-refractivity contribution in [1.29, 1.82) is 0 Å². The van der Waals surface area contributed by atoms with E-state index in [1.165, 1.54) is 12.8 Å². The summed E-state index contributed by atoms with van der Waals surface area (Å²) in [5, 5.41) is 6.80. The Balaban J connectivity index is 1.38. The van der Waals surface area contributed by atoms with Crippen molar-refractivity contribution in [1.82, 2.24) is 19.8 Å². The average Bonchev–Trinajstić information content (AvgIpc) is 3.43. The first-order valence-electron chi connectivity index (χ1n) is 12.3. The van der Waals surface area contributed by atoms with Crippen molar-refractivity contribution in [2.75, 3.05) is 31.5 Å². The summed E-state index contributed by atoms with van der Waals surface area (Å²) in [6.07, 6.45) is 7.59. The monoisotopic (exact) mass is 481 g/mol. The Hall–Kier alpha value is -4.17. The zero-order valence-corrected chi connectivity index (χ0v) is 19.9. The predicted octanol–water partition coefficient (Wildman–Crippen LogP) is 3.93. The minimum atomic E-state index is -0.353. The first-order valence-corrected chi connectivity index (χ1v) is 12.3. The third kappa shape index (κ3) is 4.09. The van der Waals surface area contributed by atoms with E-state index in [4.69, 9.17) is 4.74 Å². The highest BCUT2D eigenvalue weighted by Crippen LogP contribution is 2.43. The van der Waals surface area contributed by atoms with E-state index in [2.05, 4.69) is 20.5 Å². The normalized spacial score (nSPS) is 14.3. The quantitative estimate of drug-likeness (QED) is 0.366. The summed E-state index contributed by atoms with van der Waals surface area (Å²) in [6, 6.07) is 15.1. The highest BCUT2D eigenvalue weighted by molar-refractivity contribution is 6.01. The van der Waals surface area contributed by atoms with E-state index in [0.29, 0.717) is 35.5 Å². The molecule has 0 radical (unpaired) electrons. The highest BCUT2D eigenvalue weighted by atomic mass is 16.5. The van der Waals surface area contributed by atoms with Crippen LogP contribution in [0.25, 0.3) is 16.6 Å². The summed E-state index contributed by atoms with van der Waals surface area (Å²) >= 11 is 0. The highest BCUT2D eigenvalue weighted by Gasteiger charge is 2.26. The second-order valence-electron chi connectivity index (χ2n) is 9.17. The van der Waals surface area contributed by atoms with Gasteiger partial charge in [-0.2, -0.15) is 0 Å². The second-order valence-corrected chi connectivity index (χ2v) is 9.17. The van der Waals surface area contributed by atoms with Gasteiger partial charge in [-0.25, -0.2) is 0 Å². The van der Waals surface area contributed by atoms with E-state index in [0.717, 1.165) is 36.6 Å². The molecule has 4 heterocycles. The van der Waals surface area contributed by atoms with E-state index in [-0.39, 0.29) is 16.9 Å². The van der Waals surface area contributed by atoms with Crippen LogP contribution in [0.4, 0.5) is 5.69 Å². The van der Waals surface area contributed by atoms with Crippen LogP contribution in [-0.4, -0.2) is 46.5 Å². The molecule has 2 aliphatic rings. The van der Waals surface area contributed by atoms with Gasteiger partial charge in [-0.05, 0) is 61.8 Å². The molecule has 0 atom stereocenters. The molecule has 2 N–H and O–H groups in total. The Morgan fingerprint density at radius 1 is 1.06 bits per heavy atom. The molecule has 8 nitrogen and oxygen atoms in total. The molecule has 1 amide bonds. The van der Waals surface area contributed by atoms with Crippen LogP contribution in [0.15, 0.2) is 71.9 Å². The molecule has 0 spiro atoms. The maximum Gasteiger partial charge on any atom is 0.256 e. The van der Waals surface area contributed by atoms with E-state index in [9.17, 15) is 9.59 Å². The van der Waals surface area contributed by atoms with E-state index in [1.807, 2.05) is 47.0 Å². The number of nitrogens with one attached hydrogen (secondary N) is 2. The van der Waals surface area contributed by atoms with Crippen LogP contribution in [-0.2, 0) is 6.54 Å². The Morgan fingerprint density at radius 2 is 1.92 bits per heavy atom. The van der Waals surface area contributed by atoms with Gasteiger partial charge in [0, 0.05) is 38.2 Å². The molecular formula is C28H27N5O3. The number of pyridine rings is 2. The molecule has 4 aromatic rings. The maximum absolute atomic E-state index is 13.5. The molecule has 2 aromatic heterocycles. The Labute approximate surface area is 208 Å². The lowest BCUT2D eigenvalue weighted by molar-refractivity contribution is 0.0948. The van der Waals surface area contributed by atoms with Crippen LogP contribution >= 0.6 is 0 Å². The van der Waals surface area contributed by atoms with E-state index >= 15 is 0 Å². The van der Waals surface area contributed by atoms with E-state index < -0.39 is 0 Å². The van der Waals surface area contributed by atoms with Crippen LogP contribution in [0.3, 0.4) is 0 Å². The number of aromatic nitrogens is 2. The zero-order valence-electron chi connectivity index (χ0n) is 19.9. The van der Waals surface area contributed by atoms with Gasteiger partial charge in [0.15, 0.2) is 11.5 Å².